The molecule has 0 aliphatic carbocycles. The van der Waals surface area contributed by atoms with Crippen LogP contribution in [0.4, 0.5) is 0 Å². The Labute approximate surface area is 141 Å². The van der Waals surface area contributed by atoms with Crippen molar-refractivity contribution < 1.29 is 9.53 Å². The summed E-state index contributed by atoms with van der Waals surface area (Å²) in [6, 6.07) is 7.38. The Morgan fingerprint density at radius 3 is 2.91 bits per heavy atom. The number of nitrogens with zero attached hydrogens (tertiary/aromatic N) is 4. The molecule has 23 heavy (non-hydrogen) atoms. The lowest BCUT2D eigenvalue weighted by molar-refractivity contribution is 0.0169. The van der Waals surface area contributed by atoms with Crippen LogP contribution in [-0.2, 0) is 7.05 Å². The van der Waals surface area contributed by atoms with Crippen LogP contribution in [0.15, 0.2) is 30.5 Å². The van der Waals surface area contributed by atoms with Crippen molar-refractivity contribution in [2.75, 3.05) is 13.1 Å². The average molecular weight is 349 g/mol. The fourth-order valence-electron chi connectivity index (χ4n) is 2.51. The zero-order valence-corrected chi connectivity index (χ0v) is 13.8. The minimum Gasteiger partial charge on any atom is -0.463 e. The van der Waals surface area contributed by atoms with Crippen LogP contribution < -0.4 is 4.74 Å². The van der Waals surface area contributed by atoms with E-state index in [1.54, 1.807) is 28.9 Å². The summed E-state index contributed by atoms with van der Waals surface area (Å²) in [6.45, 7) is 1.10. The third-order valence-corrected chi connectivity index (χ3v) is 5.01. The largest absolute Gasteiger partial charge is 0.463 e. The minimum atomic E-state index is -0.0356. The zero-order valence-electron chi connectivity index (χ0n) is 12.3. The molecular weight excluding hydrogens is 336 g/mol. The molecule has 0 spiro atoms. The van der Waals surface area contributed by atoms with Crippen LogP contribution in [0.5, 0.6) is 5.19 Å². The highest BCUT2D eigenvalue weighted by atomic mass is 35.5. The molecule has 4 rings (SSSR count). The number of ether oxygens (including phenoxy) is 1. The first-order chi connectivity index (χ1) is 11.1. The number of thiazole rings is 1. The lowest BCUT2D eigenvalue weighted by atomic mass is 10.1. The second-order valence-corrected chi connectivity index (χ2v) is 6.76. The first-order valence-electron chi connectivity index (χ1n) is 7.11. The maximum absolute atomic E-state index is 12.3. The SMILES string of the molecule is Cn1nccc1C(=O)N1CC(Oc2nc3c(Cl)cccc3s2)C1. The molecule has 1 aliphatic heterocycles. The van der Waals surface area contributed by atoms with Gasteiger partial charge in [0.15, 0.2) is 0 Å². The highest BCUT2D eigenvalue weighted by molar-refractivity contribution is 7.20. The number of para-hydroxylation sites is 1. The lowest BCUT2D eigenvalue weighted by Crippen LogP contribution is -2.56. The van der Waals surface area contributed by atoms with Gasteiger partial charge in [-0.2, -0.15) is 5.10 Å². The number of rotatable bonds is 3. The van der Waals surface area contributed by atoms with Gasteiger partial charge in [0, 0.05) is 13.2 Å². The molecule has 3 aromatic rings. The number of carbonyl (C=O) groups is 1. The van der Waals surface area contributed by atoms with Crippen LogP contribution in [0.3, 0.4) is 0 Å². The quantitative estimate of drug-likeness (QED) is 0.730. The number of hydrogen-bond donors (Lipinski definition) is 0. The van der Waals surface area contributed by atoms with E-state index in [2.05, 4.69) is 10.1 Å². The summed E-state index contributed by atoms with van der Waals surface area (Å²) in [6.07, 6.45) is 1.58. The molecule has 0 bridgehead atoms. The number of benzene rings is 1. The molecule has 0 radical (unpaired) electrons. The van der Waals surface area contributed by atoms with E-state index in [0.717, 1.165) is 10.2 Å². The van der Waals surface area contributed by atoms with E-state index in [4.69, 9.17) is 16.3 Å². The van der Waals surface area contributed by atoms with Crippen molar-refractivity contribution in [2.24, 2.45) is 7.05 Å². The number of amides is 1. The van der Waals surface area contributed by atoms with Crippen LogP contribution in [-0.4, -0.2) is 44.8 Å². The van der Waals surface area contributed by atoms with Crippen molar-refractivity contribution in [3.8, 4) is 5.19 Å². The number of fused-ring (bicyclic) bond motifs is 1. The van der Waals surface area contributed by atoms with Gasteiger partial charge in [0.1, 0.15) is 17.3 Å². The molecule has 1 saturated heterocycles. The third kappa shape index (κ3) is 2.55. The van der Waals surface area contributed by atoms with Crippen molar-refractivity contribution in [3.63, 3.8) is 0 Å². The van der Waals surface area contributed by atoms with Gasteiger partial charge in [0.05, 0.1) is 22.8 Å². The predicted molar refractivity (Wildman–Crippen MR) is 88.2 cm³/mol. The summed E-state index contributed by atoms with van der Waals surface area (Å²) in [5, 5.41) is 5.22. The Bertz CT molecular complexity index is 885. The molecule has 1 aliphatic rings. The molecule has 0 unspecified atom stereocenters. The molecule has 1 amide bonds. The fourth-order valence-corrected chi connectivity index (χ4v) is 3.69. The number of carbonyl (C=O) groups excluding carboxylic acids is 1. The minimum absolute atomic E-state index is 0.0304. The summed E-state index contributed by atoms with van der Waals surface area (Å²) in [5.74, 6) is -0.0304. The van der Waals surface area contributed by atoms with Crippen LogP contribution in [0.1, 0.15) is 10.5 Å². The summed E-state index contributed by atoms with van der Waals surface area (Å²) in [4.78, 5) is 18.4. The molecular formula is C15H13ClN4O2S. The average Bonchev–Trinajstić information content (AvgIpc) is 3.08. The molecule has 8 heteroatoms. The van der Waals surface area contributed by atoms with Crippen molar-refractivity contribution >= 4 is 39.1 Å². The van der Waals surface area contributed by atoms with Crippen LogP contribution in [0.2, 0.25) is 5.02 Å². The summed E-state index contributed by atoms with van der Waals surface area (Å²) >= 11 is 7.58. The van der Waals surface area contributed by atoms with Crippen molar-refractivity contribution in [1.82, 2.24) is 19.7 Å². The van der Waals surface area contributed by atoms with Gasteiger partial charge in [-0.05, 0) is 18.2 Å². The summed E-state index contributed by atoms with van der Waals surface area (Å²) in [7, 11) is 1.76. The molecule has 0 atom stereocenters. The fraction of sp³-hybridized carbons (Fsp3) is 0.267. The summed E-state index contributed by atoms with van der Waals surface area (Å²) < 4.78 is 8.42. The topological polar surface area (TPSA) is 60.2 Å². The monoisotopic (exact) mass is 348 g/mol. The van der Waals surface area contributed by atoms with Gasteiger partial charge in [-0.3, -0.25) is 9.48 Å². The number of aromatic nitrogens is 3. The number of aryl methyl sites for hydroxylation is 1. The van der Waals surface area contributed by atoms with Gasteiger partial charge in [0.2, 0.25) is 0 Å². The predicted octanol–water partition coefficient (Wildman–Crippen LogP) is 2.59. The van der Waals surface area contributed by atoms with E-state index < -0.39 is 0 Å². The van der Waals surface area contributed by atoms with Crippen LogP contribution in [0, 0.1) is 0 Å². The van der Waals surface area contributed by atoms with Gasteiger partial charge in [-0.1, -0.05) is 29.0 Å². The van der Waals surface area contributed by atoms with Gasteiger partial charge in [0.25, 0.3) is 11.1 Å². The maximum Gasteiger partial charge on any atom is 0.274 e. The van der Waals surface area contributed by atoms with Gasteiger partial charge < -0.3 is 9.64 Å². The van der Waals surface area contributed by atoms with Crippen molar-refractivity contribution in [3.05, 3.63) is 41.2 Å². The zero-order chi connectivity index (χ0) is 16.0. The number of hydrogen-bond acceptors (Lipinski definition) is 5. The Morgan fingerprint density at radius 2 is 2.22 bits per heavy atom. The first kappa shape index (κ1) is 14.5. The van der Waals surface area contributed by atoms with Gasteiger partial charge in [-0.15, -0.1) is 0 Å². The molecule has 1 fully saturated rings. The Morgan fingerprint density at radius 1 is 1.39 bits per heavy atom. The van der Waals surface area contributed by atoms with Crippen molar-refractivity contribution in [1.29, 1.82) is 0 Å². The van der Waals surface area contributed by atoms with Gasteiger partial charge >= 0.3 is 0 Å². The second kappa shape index (κ2) is 5.50. The first-order valence-corrected chi connectivity index (χ1v) is 8.30. The van der Waals surface area contributed by atoms with Crippen LogP contribution >= 0.6 is 22.9 Å². The van der Waals surface area contributed by atoms with E-state index in [1.807, 2.05) is 18.2 Å². The second-order valence-electron chi connectivity index (χ2n) is 5.36. The molecule has 118 valence electrons. The molecule has 3 heterocycles. The van der Waals surface area contributed by atoms with E-state index in [9.17, 15) is 4.79 Å². The third-order valence-electron chi connectivity index (χ3n) is 3.79. The normalized spacial score (nSPS) is 15.0. The Balaban J connectivity index is 1.41. The smallest absolute Gasteiger partial charge is 0.274 e. The van der Waals surface area contributed by atoms with E-state index in [1.165, 1.54) is 11.3 Å². The molecule has 0 N–H and O–H groups in total. The highest BCUT2D eigenvalue weighted by Crippen LogP contribution is 2.33. The Hall–Kier alpha value is -2.12. The molecule has 1 aromatic carbocycles. The van der Waals surface area contributed by atoms with Crippen LogP contribution in [0.25, 0.3) is 10.2 Å². The van der Waals surface area contributed by atoms with Gasteiger partial charge in [-0.25, -0.2) is 4.98 Å². The summed E-state index contributed by atoms with van der Waals surface area (Å²) in [5.41, 5.74) is 1.34. The maximum atomic E-state index is 12.3. The van der Waals surface area contributed by atoms with E-state index >= 15 is 0 Å². The van der Waals surface area contributed by atoms with E-state index in [0.29, 0.717) is 29.0 Å². The molecule has 0 saturated carbocycles. The van der Waals surface area contributed by atoms with Crippen molar-refractivity contribution in [2.45, 2.75) is 6.10 Å². The molecule has 2 aromatic heterocycles. The number of likely N-dealkylation sites (tertiary alicyclic amines) is 1. The number of halogens is 1. The standard InChI is InChI=1S/C15H13ClN4O2S/c1-19-11(5-6-17-19)14(21)20-7-9(8-20)22-15-18-13-10(16)3-2-4-12(13)23-15/h2-6,9H,7-8H2,1H3. The lowest BCUT2D eigenvalue weighted by Gasteiger charge is -2.38. The highest BCUT2D eigenvalue weighted by Gasteiger charge is 2.34. The molecule has 6 nitrogen and oxygen atoms in total. The Kier molecular flexibility index (Phi) is 3.46. The van der Waals surface area contributed by atoms with E-state index in [-0.39, 0.29) is 12.0 Å².